The van der Waals surface area contributed by atoms with Crippen LogP contribution in [0.5, 0.6) is 0 Å². The molecular formula is C48H26B6N4O. The van der Waals surface area contributed by atoms with Crippen LogP contribution in [0, 0.1) is 0 Å². The standard InChI is InChI=1S/C48H26B6N4O/c1-48(2)29-19-11-9-17-25(29)27-21-28-26-18-10-12-20-31(26)58(32(28)22-30(27)48)42-40(53)37(50)34-33-36(49)38(51)35(39(52)43(33)59-44(34)41(42)54)47-56-45(23-13-5-3-6-14-23)55-46(57-47)24-15-7-4-8-16-24/h3-22H,1-2H3. The predicted molar refractivity (Wildman–Crippen MR) is 248 cm³/mol. The molecule has 12 radical (unpaired) electrons. The number of hydrogen-bond acceptors (Lipinski definition) is 4. The highest BCUT2D eigenvalue weighted by atomic mass is 16.3. The van der Waals surface area contributed by atoms with Gasteiger partial charge in [0.25, 0.3) is 0 Å². The van der Waals surface area contributed by atoms with Crippen molar-refractivity contribution in [3.63, 3.8) is 0 Å². The Morgan fingerprint density at radius 1 is 0.475 bits per heavy atom. The van der Waals surface area contributed by atoms with E-state index in [0.29, 0.717) is 33.7 Å². The first-order valence-electron chi connectivity index (χ1n) is 19.3. The molecule has 0 unspecified atom stereocenters. The molecule has 7 aromatic carbocycles. The highest BCUT2D eigenvalue weighted by Crippen LogP contribution is 2.51. The zero-order chi connectivity index (χ0) is 40.5. The van der Waals surface area contributed by atoms with Gasteiger partial charge in [0.15, 0.2) is 17.5 Å². The SMILES string of the molecule is [B]c1c(-c2nc(-c3ccccc3)nc(-c3ccccc3)n2)c([B])c2oc3c([B])c(-n4c5ccccc5c5cc6c(cc54)C(C)(C)c4ccccc4-6)c([B])c([B])c3c2c1[B]. The van der Waals surface area contributed by atoms with Crippen molar-refractivity contribution in [2.24, 2.45) is 0 Å². The highest BCUT2D eigenvalue weighted by Gasteiger charge is 2.36. The number of hydrogen-bond donors (Lipinski definition) is 0. The fourth-order valence-corrected chi connectivity index (χ4v) is 9.17. The molecule has 1 aliphatic carbocycles. The van der Waals surface area contributed by atoms with Crippen LogP contribution in [0.15, 0.2) is 126 Å². The molecule has 262 valence electrons. The summed E-state index contributed by atoms with van der Waals surface area (Å²) in [6, 6.07) is 40.6. The van der Waals surface area contributed by atoms with E-state index in [4.69, 9.17) is 66.4 Å². The fraction of sp³-hybridized carbons (Fsp3) is 0.0625. The molecule has 0 spiro atoms. The summed E-state index contributed by atoms with van der Waals surface area (Å²) in [5, 5.41) is 2.93. The Balaban J connectivity index is 1.18. The lowest BCUT2D eigenvalue weighted by atomic mass is 9.68. The second kappa shape index (κ2) is 12.8. The molecule has 59 heavy (non-hydrogen) atoms. The third-order valence-corrected chi connectivity index (χ3v) is 12.1. The van der Waals surface area contributed by atoms with E-state index in [2.05, 4.69) is 66.9 Å². The Labute approximate surface area is 348 Å². The summed E-state index contributed by atoms with van der Waals surface area (Å²) in [6.07, 6.45) is 0. The Morgan fingerprint density at radius 3 is 1.71 bits per heavy atom. The van der Waals surface area contributed by atoms with Crippen LogP contribution in [0.1, 0.15) is 25.0 Å². The van der Waals surface area contributed by atoms with E-state index in [0.717, 1.165) is 32.9 Å². The Kier molecular flexibility index (Phi) is 7.72. The van der Waals surface area contributed by atoms with Gasteiger partial charge in [-0.25, -0.2) is 15.0 Å². The molecule has 11 heteroatoms. The summed E-state index contributed by atoms with van der Waals surface area (Å²) in [5.41, 5.74) is 10.7. The molecule has 3 heterocycles. The zero-order valence-electron chi connectivity index (χ0n) is 32.2. The lowest BCUT2D eigenvalue weighted by Gasteiger charge is -2.22. The molecule has 0 saturated carbocycles. The first kappa shape index (κ1) is 35.7. The molecule has 0 saturated heterocycles. The first-order chi connectivity index (χ1) is 28.5. The maximum absolute atomic E-state index is 7.22. The molecule has 0 amide bonds. The molecular weight excluding hydrogens is 713 g/mol. The Bertz CT molecular complexity index is 3370. The van der Waals surface area contributed by atoms with E-state index >= 15 is 0 Å². The van der Waals surface area contributed by atoms with Crippen LogP contribution in [0.25, 0.3) is 94.7 Å². The second-order valence-electron chi connectivity index (χ2n) is 15.7. The van der Waals surface area contributed by atoms with Gasteiger partial charge in [-0.2, -0.15) is 0 Å². The number of aromatic nitrogens is 4. The van der Waals surface area contributed by atoms with Gasteiger partial charge in [0, 0.05) is 49.3 Å². The maximum atomic E-state index is 7.22. The largest absolute Gasteiger partial charge is 0.457 e. The van der Waals surface area contributed by atoms with E-state index < -0.39 is 0 Å². The molecule has 0 aliphatic heterocycles. The summed E-state index contributed by atoms with van der Waals surface area (Å²) in [7, 11) is 42.3. The summed E-state index contributed by atoms with van der Waals surface area (Å²) in [5.74, 6) is 1.10. The minimum Gasteiger partial charge on any atom is -0.457 e. The van der Waals surface area contributed by atoms with Crippen molar-refractivity contribution in [3.8, 4) is 51.0 Å². The summed E-state index contributed by atoms with van der Waals surface area (Å²) >= 11 is 0. The Hall–Kier alpha value is -6.46. The summed E-state index contributed by atoms with van der Waals surface area (Å²) in [4.78, 5) is 14.6. The van der Waals surface area contributed by atoms with Gasteiger partial charge in [0.2, 0.25) is 0 Å². The van der Waals surface area contributed by atoms with Crippen molar-refractivity contribution in [2.45, 2.75) is 19.3 Å². The molecule has 0 N–H and O–H groups in total. The smallest absolute Gasteiger partial charge is 0.164 e. The number of furan rings is 1. The van der Waals surface area contributed by atoms with Crippen LogP contribution in [-0.4, -0.2) is 66.6 Å². The average Bonchev–Trinajstić information content (AvgIpc) is 3.89. The Morgan fingerprint density at radius 2 is 1.03 bits per heavy atom. The van der Waals surface area contributed by atoms with E-state index in [1.165, 1.54) is 22.3 Å². The van der Waals surface area contributed by atoms with Crippen LogP contribution in [0.2, 0.25) is 0 Å². The number of benzene rings is 7. The van der Waals surface area contributed by atoms with Crippen molar-refractivity contribution in [1.29, 1.82) is 0 Å². The molecule has 10 aromatic rings. The van der Waals surface area contributed by atoms with Gasteiger partial charge in [0.05, 0.1) is 11.0 Å². The van der Waals surface area contributed by atoms with Crippen molar-refractivity contribution in [2.75, 3.05) is 0 Å². The second-order valence-corrected chi connectivity index (χ2v) is 15.7. The third kappa shape index (κ3) is 4.97. The lowest BCUT2D eigenvalue weighted by molar-refractivity contribution is 0.661. The molecule has 5 nitrogen and oxygen atoms in total. The number of nitrogens with zero attached hydrogens (tertiary/aromatic N) is 4. The van der Waals surface area contributed by atoms with Gasteiger partial charge in [-0.3, -0.25) is 0 Å². The van der Waals surface area contributed by atoms with Crippen LogP contribution in [-0.2, 0) is 5.41 Å². The van der Waals surface area contributed by atoms with E-state index in [1.807, 2.05) is 72.8 Å². The normalized spacial score (nSPS) is 13.1. The monoisotopic (exact) mass is 740 g/mol. The fourth-order valence-electron chi connectivity index (χ4n) is 9.17. The molecule has 1 aliphatic rings. The average molecular weight is 740 g/mol. The minimum atomic E-state index is -0.241. The van der Waals surface area contributed by atoms with Crippen LogP contribution in [0.3, 0.4) is 0 Å². The molecule has 11 rings (SSSR count). The van der Waals surface area contributed by atoms with E-state index in [9.17, 15) is 0 Å². The van der Waals surface area contributed by atoms with Gasteiger partial charge < -0.3 is 8.98 Å². The van der Waals surface area contributed by atoms with Gasteiger partial charge in [0.1, 0.15) is 58.2 Å². The maximum Gasteiger partial charge on any atom is 0.164 e. The lowest BCUT2D eigenvalue weighted by Crippen LogP contribution is -2.38. The van der Waals surface area contributed by atoms with Crippen molar-refractivity contribution in [1.82, 2.24) is 19.5 Å². The quantitative estimate of drug-likeness (QED) is 0.241. The van der Waals surface area contributed by atoms with Gasteiger partial charge in [-0.05, 0) is 51.4 Å². The van der Waals surface area contributed by atoms with Crippen LogP contribution >= 0.6 is 0 Å². The van der Waals surface area contributed by atoms with Crippen molar-refractivity contribution < 1.29 is 4.42 Å². The van der Waals surface area contributed by atoms with E-state index in [1.54, 1.807) is 0 Å². The third-order valence-electron chi connectivity index (χ3n) is 12.1. The number of fused-ring (bicyclic) bond motifs is 9. The topological polar surface area (TPSA) is 56.7 Å². The summed E-state index contributed by atoms with van der Waals surface area (Å²) < 4.78 is 8.77. The highest BCUT2D eigenvalue weighted by molar-refractivity contribution is 6.64. The van der Waals surface area contributed by atoms with Gasteiger partial charge >= 0.3 is 0 Å². The van der Waals surface area contributed by atoms with Crippen LogP contribution < -0.4 is 32.8 Å². The molecule has 0 bridgehead atoms. The molecule has 0 atom stereocenters. The first-order valence-corrected chi connectivity index (χ1v) is 19.3. The zero-order valence-corrected chi connectivity index (χ0v) is 32.2. The van der Waals surface area contributed by atoms with Crippen LogP contribution in [0.4, 0.5) is 0 Å². The predicted octanol–water partition coefficient (Wildman–Crippen LogP) is 4.94. The molecule has 3 aromatic heterocycles. The molecule has 0 fully saturated rings. The van der Waals surface area contributed by atoms with Gasteiger partial charge in [-0.15, -0.1) is 0 Å². The van der Waals surface area contributed by atoms with Gasteiger partial charge in [-0.1, -0.05) is 139 Å². The minimum absolute atomic E-state index is 0.155. The van der Waals surface area contributed by atoms with Crippen molar-refractivity contribution in [3.05, 3.63) is 132 Å². The number of para-hydroxylation sites is 1. The summed E-state index contributed by atoms with van der Waals surface area (Å²) in [6.45, 7) is 4.52. The van der Waals surface area contributed by atoms with E-state index in [-0.39, 0.29) is 55.2 Å². The number of rotatable bonds is 4. The van der Waals surface area contributed by atoms with Crippen molar-refractivity contribution >= 4 is 124 Å².